The Hall–Kier alpha value is -2.34. The average molecular weight is 245 g/mol. The van der Waals surface area contributed by atoms with E-state index in [2.05, 4.69) is 20.7 Å². The number of anilines is 2. The molecule has 0 bridgehead atoms. The van der Waals surface area contributed by atoms with Crippen molar-refractivity contribution in [2.24, 2.45) is 5.84 Å². The lowest BCUT2D eigenvalue weighted by Crippen LogP contribution is -2.11. The van der Waals surface area contributed by atoms with Crippen molar-refractivity contribution in [3.05, 3.63) is 42.1 Å². The number of nitrogen functional groups attached to an aromatic ring is 1. The Morgan fingerprint density at radius 2 is 2.11 bits per heavy atom. The number of methoxy groups -OCH3 is 1. The summed E-state index contributed by atoms with van der Waals surface area (Å²) in [5.41, 5.74) is 3.51. The van der Waals surface area contributed by atoms with Gasteiger partial charge in [-0.3, -0.25) is 0 Å². The summed E-state index contributed by atoms with van der Waals surface area (Å²) in [7, 11) is 1.65. The van der Waals surface area contributed by atoms with Crippen LogP contribution in [-0.2, 0) is 6.54 Å². The zero-order valence-corrected chi connectivity index (χ0v) is 10.1. The van der Waals surface area contributed by atoms with Crippen LogP contribution in [0.5, 0.6) is 5.75 Å². The summed E-state index contributed by atoms with van der Waals surface area (Å²) in [5, 5.41) is 3.11. The molecule has 6 heteroatoms. The molecular formula is C12H15N5O. The number of para-hydroxylation sites is 1. The number of hydrazine groups is 1. The molecule has 0 atom stereocenters. The number of nitrogens with zero attached hydrogens (tertiary/aromatic N) is 2. The molecule has 0 saturated carbocycles. The van der Waals surface area contributed by atoms with E-state index in [0.717, 1.165) is 11.3 Å². The topological polar surface area (TPSA) is 85.1 Å². The summed E-state index contributed by atoms with van der Waals surface area (Å²) < 4.78 is 5.27. The Balaban J connectivity index is 2.06. The molecule has 2 rings (SSSR count). The highest BCUT2D eigenvalue weighted by molar-refractivity contribution is 5.40. The summed E-state index contributed by atoms with van der Waals surface area (Å²) in [4.78, 5) is 8.26. The van der Waals surface area contributed by atoms with Gasteiger partial charge >= 0.3 is 0 Å². The zero-order valence-electron chi connectivity index (χ0n) is 10.1. The second-order valence-corrected chi connectivity index (χ2v) is 3.58. The molecule has 0 aliphatic rings. The van der Waals surface area contributed by atoms with Gasteiger partial charge in [-0.25, -0.2) is 10.8 Å². The van der Waals surface area contributed by atoms with Gasteiger partial charge in [0.1, 0.15) is 11.6 Å². The summed E-state index contributed by atoms with van der Waals surface area (Å²) in [6.45, 7) is 0.581. The average Bonchev–Trinajstić information content (AvgIpc) is 2.45. The number of aromatic nitrogens is 2. The predicted octanol–water partition coefficient (Wildman–Crippen LogP) is 1.38. The third kappa shape index (κ3) is 2.86. The largest absolute Gasteiger partial charge is 0.496 e. The molecule has 0 amide bonds. The van der Waals surface area contributed by atoms with Gasteiger partial charge in [0.25, 0.3) is 0 Å². The predicted molar refractivity (Wildman–Crippen MR) is 70.2 cm³/mol. The Kier molecular flexibility index (Phi) is 3.93. The minimum absolute atomic E-state index is 0.511. The lowest BCUT2D eigenvalue weighted by Gasteiger charge is -2.09. The summed E-state index contributed by atoms with van der Waals surface area (Å²) in [5.74, 6) is 7.19. The first-order chi connectivity index (χ1) is 8.83. The third-order valence-electron chi connectivity index (χ3n) is 2.43. The molecule has 4 N–H and O–H groups in total. The van der Waals surface area contributed by atoms with Crippen LogP contribution >= 0.6 is 0 Å². The fourth-order valence-corrected chi connectivity index (χ4v) is 1.55. The summed E-state index contributed by atoms with van der Waals surface area (Å²) in [6, 6.07) is 9.47. The molecule has 94 valence electrons. The quantitative estimate of drug-likeness (QED) is 0.545. The molecule has 0 aliphatic carbocycles. The summed E-state index contributed by atoms with van der Waals surface area (Å²) in [6.07, 6.45) is 1.63. The number of nitrogens with one attached hydrogen (secondary N) is 2. The van der Waals surface area contributed by atoms with Crippen molar-refractivity contribution >= 4 is 11.8 Å². The van der Waals surface area contributed by atoms with Crippen molar-refractivity contribution < 1.29 is 4.74 Å². The van der Waals surface area contributed by atoms with E-state index in [0.29, 0.717) is 18.3 Å². The zero-order chi connectivity index (χ0) is 12.8. The molecule has 2 aromatic rings. The molecule has 1 aromatic heterocycles. The highest BCUT2D eigenvalue weighted by Crippen LogP contribution is 2.18. The standard InChI is InChI=1S/C12H15N5O/c1-18-10-5-3-2-4-9(10)8-15-12-14-7-6-11(16-12)17-13/h2-7H,8,13H2,1H3,(H2,14,15,16,17). The summed E-state index contributed by atoms with van der Waals surface area (Å²) >= 11 is 0. The van der Waals surface area contributed by atoms with Crippen LogP contribution in [0.25, 0.3) is 0 Å². The minimum Gasteiger partial charge on any atom is -0.496 e. The van der Waals surface area contributed by atoms with Gasteiger partial charge in [-0.1, -0.05) is 18.2 Å². The first-order valence-corrected chi connectivity index (χ1v) is 5.49. The molecule has 6 nitrogen and oxygen atoms in total. The molecule has 0 fully saturated rings. The maximum atomic E-state index is 5.28. The van der Waals surface area contributed by atoms with Gasteiger partial charge < -0.3 is 15.5 Å². The molecule has 1 heterocycles. The molecule has 18 heavy (non-hydrogen) atoms. The van der Waals surface area contributed by atoms with E-state index in [1.807, 2.05) is 24.3 Å². The monoisotopic (exact) mass is 245 g/mol. The van der Waals surface area contributed by atoms with Crippen LogP contribution in [0.3, 0.4) is 0 Å². The van der Waals surface area contributed by atoms with Crippen LogP contribution < -0.4 is 21.3 Å². The van der Waals surface area contributed by atoms with Gasteiger partial charge in [0.2, 0.25) is 5.95 Å². The van der Waals surface area contributed by atoms with E-state index >= 15 is 0 Å². The van der Waals surface area contributed by atoms with Crippen LogP contribution in [0.2, 0.25) is 0 Å². The normalized spacial score (nSPS) is 9.89. The molecule has 0 saturated heterocycles. The van der Waals surface area contributed by atoms with Crippen LogP contribution in [0.15, 0.2) is 36.5 Å². The van der Waals surface area contributed by atoms with Gasteiger partial charge in [0.05, 0.1) is 7.11 Å². The number of rotatable bonds is 5. The smallest absolute Gasteiger partial charge is 0.224 e. The second-order valence-electron chi connectivity index (χ2n) is 3.58. The fourth-order valence-electron chi connectivity index (χ4n) is 1.55. The van der Waals surface area contributed by atoms with Crippen molar-refractivity contribution in [1.29, 1.82) is 0 Å². The first kappa shape index (κ1) is 12.1. The first-order valence-electron chi connectivity index (χ1n) is 5.49. The number of benzene rings is 1. The Morgan fingerprint density at radius 1 is 1.28 bits per heavy atom. The second kappa shape index (κ2) is 5.83. The third-order valence-corrected chi connectivity index (χ3v) is 2.43. The fraction of sp³-hybridized carbons (Fsp3) is 0.167. The van der Waals surface area contributed by atoms with Gasteiger partial charge in [-0.05, 0) is 6.07 Å². The Labute approximate surface area is 105 Å². The maximum absolute atomic E-state index is 5.28. The van der Waals surface area contributed by atoms with Crippen LogP contribution in [-0.4, -0.2) is 17.1 Å². The van der Waals surface area contributed by atoms with E-state index < -0.39 is 0 Å². The van der Waals surface area contributed by atoms with Crippen LogP contribution in [0, 0.1) is 0 Å². The molecule has 1 aromatic carbocycles. The van der Waals surface area contributed by atoms with Crippen molar-refractivity contribution in [2.45, 2.75) is 6.54 Å². The maximum Gasteiger partial charge on any atom is 0.224 e. The van der Waals surface area contributed by atoms with E-state index in [9.17, 15) is 0 Å². The van der Waals surface area contributed by atoms with Gasteiger partial charge in [-0.15, -0.1) is 0 Å². The number of hydrogen-bond acceptors (Lipinski definition) is 6. The van der Waals surface area contributed by atoms with Crippen molar-refractivity contribution in [3.63, 3.8) is 0 Å². The Bertz CT molecular complexity index is 517. The van der Waals surface area contributed by atoms with Crippen molar-refractivity contribution in [1.82, 2.24) is 9.97 Å². The van der Waals surface area contributed by atoms with Crippen LogP contribution in [0.1, 0.15) is 5.56 Å². The highest BCUT2D eigenvalue weighted by Gasteiger charge is 2.02. The SMILES string of the molecule is COc1ccccc1CNc1nccc(NN)n1. The lowest BCUT2D eigenvalue weighted by molar-refractivity contribution is 0.410. The highest BCUT2D eigenvalue weighted by atomic mass is 16.5. The molecular weight excluding hydrogens is 230 g/mol. The van der Waals surface area contributed by atoms with Crippen molar-refractivity contribution in [2.75, 3.05) is 17.9 Å². The molecule has 0 unspecified atom stereocenters. The van der Waals surface area contributed by atoms with Gasteiger partial charge in [-0.2, -0.15) is 4.98 Å². The van der Waals surface area contributed by atoms with Crippen molar-refractivity contribution in [3.8, 4) is 5.75 Å². The Morgan fingerprint density at radius 3 is 2.89 bits per heavy atom. The van der Waals surface area contributed by atoms with Gasteiger partial charge in [0, 0.05) is 24.4 Å². The lowest BCUT2D eigenvalue weighted by atomic mass is 10.2. The number of ether oxygens (including phenoxy) is 1. The number of nitrogens with two attached hydrogens (primary N) is 1. The molecule has 0 aliphatic heterocycles. The molecule has 0 spiro atoms. The van der Waals surface area contributed by atoms with Crippen LogP contribution in [0.4, 0.5) is 11.8 Å². The number of hydrogen-bond donors (Lipinski definition) is 3. The minimum atomic E-state index is 0.511. The van der Waals surface area contributed by atoms with E-state index in [4.69, 9.17) is 10.6 Å². The van der Waals surface area contributed by atoms with Gasteiger partial charge in [0.15, 0.2) is 0 Å². The molecule has 0 radical (unpaired) electrons. The van der Waals surface area contributed by atoms with E-state index in [1.165, 1.54) is 0 Å². The van der Waals surface area contributed by atoms with E-state index in [-0.39, 0.29) is 0 Å². The van der Waals surface area contributed by atoms with E-state index in [1.54, 1.807) is 19.4 Å².